The van der Waals surface area contributed by atoms with Crippen LogP contribution >= 0.6 is 11.6 Å². The van der Waals surface area contributed by atoms with Gasteiger partial charge in [0.15, 0.2) is 16.9 Å². The largest absolute Gasteiger partial charge is 0.501 e. The fraction of sp³-hybridized carbons (Fsp3) is 0.130. The molecule has 2 heterocycles. The zero-order valence-corrected chi connectivity index (χ0v) is 17.8. The molecule has 0 aliphatic carbocycles. The van der Waals surface area contributed by atoms with Crippen molar-refractivity contribution in [2.45, 2.75) is 12.8 Å². The van der Waals surface area contributed by atoms with Crippen molar-refractivity contribution in [2.24, 2.45) is 0 Å². The normalized spacial score (nSPS) is 14.4. The Kier molecular flexibility index (Phi) is 4.68. The summed E-state index contributed by atoms with van der Waals surface area (Å²) >= 11 is 6.23. The van der Waals surface area contributed by atoms with Crippen molar-refractivity contribution in [3.8, 4) is 11.5 Å². The van der Waals surface area contributed by atoms with Gasteiger partial charge < -0.3 is 19.1 Å². The molecule has 0 spiro atoms. The van der Waals surface area contributed by atoms with E-state index in [4.69, 9.17) is 21.1 Å². The molecule has 0 saturated carbocycles. The van der Waals surface area contributed by atoms with E-state index in [1.54, 1.807) is 12.1 Å². The van der Waals surface area contributed by atoms with Gasteiger partial charge in [0, 0.05) is 5.39 Å². The number of carboxylic acid groups (broad SMARTS) is 1. The topological polar surface area (TPSA) is 81.0 Å². The lowest BCUT2D eigenvalue weighted by Gasteiger charge is -2.24. The van der Waals surface area contributed by atoms with Crippen LogP contribution in [0.4, 0.5) is 20.2 Å². The van der Waals surface area contributed by atoms with Crippen molar-refractivity contribution in [1.82, 2.24) is 4.57 Å². The highest BCUT2D eigenvalue weighted by atomic mass is 35.5. The number of aliphatic carboxylic acids is 1. The minimum Gasteiger partial charge on any atom is -0.493 e. The van der Waals surface area contributed by atoms with E-state index in [0.29, 0.717) is 4.90 Å². The molecule has 1 aliphatic rings. The second kappa shape index (κ2) is 7.35. The number of methoxy groups -OCH3 is 1. The first-order valence-corrected chi connectivity index (χ1v) is 10.1. The van der Waals surface area contributed by atoms with Crippen molar-refractivity contribution < 1.29 is 28.2 Å². The van der Waals surface area contributed by atoms with E-state index in [1.165, 1.54) is 54.1 Å². The first kappa shape index (κ1) is 21.0. The highest BCUT2D eigenvalue weighted by Gasteiger charge is 2.49. The Morgan fingerprint density at radius 3 is 2.61 bits per heavy atom. The monoisotopic (exact) mass is 472 g/mol. The Hall–Kier alpha value is -3.85. The number of aromatic nitrogens is 1. The van der Waals surface area contributed by atoms with E-state index in [-0.39, 0.29) is 49.7 Å². The molecule has 0 unspecified atom stereocenters. The van der Waals surface area contributed by atoms with E-state index >= 15 is 0 Å². The number of nitrogens with zero attached hydrogens (tertiary/aromatic N) is 2. The quantitative estimate of drug-likeness (QED) is 0.333. The average molecular weight is 473 g/mol. The van der Waals surface area contributed by atoms with Crippen molar-refractivity contribution in [3.05, 3.63) is 69.8 Å². The lowest BCUT2D eigenvalue weighted by Crippen LogP contribution is -2.38. The average Bonchev–Trinajstić information content (AvgIpc) is 3.05. The Balaban J connectivity index is 1.87. The third-order valence-corrected chi connectivity index (χ3v) is 5.77. The number of ether oxygens (including phenoxy) is 2. The summed E-state index contributed by atoms with van der Waals surface area (Å²) in [6, 6.07) is 13.1. The Labute approximate surface area is 189 Å². The zero-order chi connectivity index (χ0) is 23.5. The van der Waals surface area contributed by atoms with Gasteiger partial charge in [0.05, 0.1) is 39.9 Å². The highest BCUT2D eigenvalue weighted by molar-refractivity contribution is 6.33. The number of carbonyl (C=O) groups is 1. The number of alkyl halides is 2. The predicted molar refractivity (Wildman–Crippen MR) is 119 cm³/mol. The summed E-state index contributed by atoms with van der Waals surface area (Å²) in [6.45, 7) is -0.559. The molecule has 168 valence electrons. The number of rotatable bonds is 4. The number of hydrogen-bond donors (Lipinski definition) is 1. The first-order valence-electron chi connectivity index (χ1n) is 9.73. The van der Waals surface area contributed by atoms with E-state index in [2.05, 4.69) is 0 Å². The van der Waals surface area contributed by atoms with Crippen molar-refractivity contribution in [2.75, 3.05) is 12.0 Å². The first-order chi connectivity index (χ1) is 15.7. The molecule has 10 heteroatoms. The minimum absolute atomic E-state index is 0.00233. The summed E-state index contributed by atoms with van der Waals surface area (Å²) in [5.41, 5.74) is 0.0275. The van der Waals surface area contributed by atoms with Crippen LogP contribution in [0.5, 0.6) is 11.5 Å². The maximum atomic E-state index is 14.8. The molecular weight excluding hydrogens is 458 g/mol. The molecule has 0 radical (unpaired) electrons. The minimum atomic E-state index is -3.69. The number of anilines is 2. The van der Waals surface area contributed by atoms with Gasteiger partial charge in [-0.05, 0) is 42.5 Å². The van der Waals surface area contributed by atoms with Crippen LogP contribution in [0.25, 0.3) is 21.8 Å². The molecule has 0 saturated heterocycles. The second-order valence-electron chi connectivity index (χ2n) is 7.38. The number of halogens is 3. The summed E-state index contributed by atoms with van der Waals surface area (Å²) in [4.78, 5) is 25.6. The van der Waals surface area contributed by atoms with E-state index in [9.17, 15) is 23.5 Å². The molecule has 7 nitrogen and oxygen atoms in total. The third-order valence-electron chi connectivity index (χ3n) is 5.47. The van der Waals surface area contributed by atoms with E-state index in [0.717, 1.165) is 0 Å². The maximum absolute atomic E-state index is 14.8. The maximum Gasteiger partial charge on any atom is 0.501 e. The number of pyridine rings is 1. The van der Waals surface area contributed by atoms with Gasteiger partial charge in [0.2, 0.25) is 0 Å². The molecule has 1 aliphatic heterocycles. The van der Waals surface area contributed by atoms with Gasteiger partial charge in [-0.2, -0.15) is 0 Å². The molecule has 0 fully saturated rings. The van der Waals surface area contributed by atoms with Crippen LogP contribution in [0.15, 0.2) is 59.4 Å². The smallest absolute Gasteiger partial charge is 0.493 e. The second-order valence-corrected chi connectivity index (χ2v) is 7.79. The van der Waals surface area contributed by atoms with Crippen molar-refractivity contribution in [3.63, 3.8) is 0 Å². The van der Waals surface area contributed by atoms with Crippen molar-refractivity contribution >= 4 is 50.8 Å². The molecule has 0 amide bonds. The summed E-state index contributed by atoms with van der Waals surface area (Å²) < 4.78 is 41.1. The SMILES string of the molecule is COc1c(Cl)ccc2c(=O)c3ccc(N4c5ccccc5OC4(F)F)cc3n(CC(=O)O)c12. The zero-order valence-electron chi connectivity index (χ0n) is 17.0. The van der Waals surface area contributed by atoms with E-state index in [1.807, 2.05) is 0 Å². The van der Waals surface area contributed by atoms with Crippen molar-refractivity contribution in [1.29, 1.82) is 0 Å². The molecular formula is C23H15ClF2N2O5. The molecule has 1 N–H and O–H groups in total. The lowest BCUT2D eigenvalue weighted by atomic mass is 10.1. The predicted octanol–water partition coefficient (Wildman–Crippen LogP) is 4.98. The van der Waals surface area contributed by atoms with Crippen LogP contribution in [0.1, 0.15) is 0 Å². The van der Waals surface area contributed by atoms with Crippen LogP contribution in [-0.4, -0.2) is 29.0 Å². The fourth-order valence-electron chi connectivity index (χ4n) is 4.17. The van der Waals surface area contributed by atoms with Gasteiger partial charge in [0.25, 0.3) is 0 Å². The number of para-hydroxylation sites is 2. The van der Waals surface area contributed by atoms with Gasteiger partial charge in [-0.15, -0.1) is 8.78 Å². The number of carboxylic acids is 1. The Bertz CT molecular complexity index is 1520. The van der Waals surface area contributed by atoms with Crippen LogP contribution in [-0.2, 0) is 11.3 Å². The van der Waals surface area contributed by atoms with Crippen LogP contribution in [0.2, 0.25) is 5.02 Å². The van der Waals surface area contributed by atoms with Gasteiger partial charge in [-0.3, -0.25) is 9.59 Å². The highest BCUT2D eigenvalue weighted by Crippen LogP contribution is 2.48. The standard InChI is InChI=1S/C23H15ClF2N2O5/c1-32-22-15(24)9-8-14-20(22)27(11-19(29)30)17-10-12(6-7-13(17)21(14)31)28-16-4-2-3-5-18(16)33-23(28,25)26/h2-10H,11H2,1H3,(H,29,30). The molecule has 33 heavy (non-hydrogen) atoms. The molecule has 3 aromatic carbocycles. The van der Waals surface area contributed by atoms with E-state index < -0.39 is 24.2 Å². The van der Waals surface area contributed by atoms with Gasteiger partial charge in [-0.1, -0.05) is 23.7 Å². The van der Waals surface area contributed by atoms with Crippen LogP contribution < -0.4 is 19.8 Å². The third kappa shape index (κ3) is 3.15. The molecule has 1 aromatic heterocycles. The van der Waals surface area contributed by atoms with Crippen LogP contribution in [0.3, 0.4) is 0 Å². The van der Waals surface area contributed by atoms with Gasteiger partial charge >= 0.3 is 12.2 Å². The summed E-state index contributed by atoms with van der Waals surface area (Å²) in [7, 11) is 1.34. The fourth-order valence-corrected chi connectivity index (χ4v) is 4.40. The van der Waals surface area contributed by atoms with Crippen LogP contribution in [0, 0.1) is 0 Å². The number of hydrogen-bond acceptors (Lipinski definition) is 5. The lowest BCUT2D eigenvalue weighted by molar-refractivity contribution is -0.155. The summed E-state index contributed by atoms with van der Waals surface area (Å²) in [5, 5.41) is 10.1. The summed E-state index contributed by atoms with van der Waals surface area (Å²) in [6.07, 6.45) is -3.69. The molecule has 0 atom stereocenters. The molecule has 5 rings (SSSR count). The summed E-state index contributed by atoms with van der Waals surface area (Å²) in [5.74, 6) is -1.09. The number of fused-ring (bicyclic) bond motifs is 3. The molecule has 0 bridgehead atoms. The van der Waals surface area contributed by atoms with Gasteiger partial charge in [0.1, 0.15) is 6.54 Å². The molecule has 4 aromatic rings. The Morgan fingerprint density at radius 1 is 1.15 bits per heavy atom. The Morgan fingerprint density at radius 2 is 1.88 bits per heavy atom. The number of benzene rings is 3. The van der Waals surface area contributed by atoms with Gasteiger partial charge in [-0.25, -0.2) is 4.90 Å².